The van der Waals surface area contributed by atoms with E-state index in [1.54, 1.807) is 54.6 Å². The average Bonchev–Trinajstić information content (AvgIpc) is 2.99. The Morgan fingerprint density at radius 3 is 2.12 bits per heavy atom. The number of hydrogen-bond acceptors (Lipinski definition) is 6. The quantitative estimate of drug-likeness (QED) is 0.0720. The molecule has 3 amide bonds. The van der Waals surface area contributed by atoms with E-state index in [9.17, 15) is 19.2 Å². The van der Waals surface area contributed by atoms with Gasteiger partial charge < -0.3 is 15.4 Å². The standard InChI is InChI=1S/C32H26N4O5/c1-22-11-16-25(17-12-22)34-30(38)27-9-5-6-10-28(27)35-31(39)32(40)36-33-21-24-13-18-26(19-14-24)41-29(37)20-15-23-7-3-2-4-8-23/h2-21H,1H3,(H,34,38)(H,35,39)(H,36,40)/b20-15+,33-21+. The van der Waals surface area contributed by atoms with E-state index >= 15 is 0 Å². The fourth-order valence-corrected chi connectivity index (χ4v) is 3.52. The summed E-state index contributed by atoms with van der Waals surface area (Å²) in [5.74, 6) is -2.65. The molecule has 0 saturated heterocycles. The first-order chi connectivity index (χ1) is 19.9. The molecule has 0 heterocycles. The number of hydrazone groups is 1. The summed E-state index contributed by atoms with van der Waals surface area (Å²) in [6.45, 7) is 1.94. The monoisotopic (exact) mass is 546 g/mol. The fourth-order valence-electron chi connectivity index (χ4n) is 3.52. The summed E-state index contributed by atoms with van der Waals surface area (Å²) in [7, 11) is 0. The number of rotatable bonds is 8. The van der Waals surface area contributed by atoms with Gasteiger partial charge in [0.2, 0.25) is 0 Å². The molecule has 0 radical (unpaired) electrons. The summed E-state index contributed by atoms with van der Waals surface area (Å²) in [5.41, 5.74) is 5.62. The van der Waals surface area contributed by atoms with Crippen LogP contribution >= 0.6 is 0 Å². The van der Waals surface area contributed by atoms with Gasteiger partial charge in [-0.15, -0.1) is 0 Å². The average molecular weight is 547 g/mol. The minimum atomic E-state index is -1.02. The molecule has 0 atom stereocenters. The number of aryl methyl sites for hydroxylation is 1. The highest BCUT2D eigenvalue weighted by atomic mass is 16.5. The molecule has 4 aromatic carbocycles. The third-order valence-corrected chi connectivity index (χ3v) is 5.63. The van der Waals surface area contributed by atoms with E-state index in [2.05, 4.69) is 21.2 Å². The highest BCUT2D eigenvalue weighted by molar-refractivity contribution is 6.40. The summed E-state index contributed by atoms with van der Waals surface area (Å²) in [5, 5.41) is 9.00. The van der Waals surface area contributed by atoms with Crippen LogP contribution in [0.25, 0.3) is 6.08 Å². The zero-order valence-electron chi connectivity index (χ0n) is 22.0. The van der Waals surface area contributed by atoms with Crippen LogP contribution in [0, 0.1) is 6.92 Å². The molecule has 0 aliphatic carbocycles. The molecule has 0 bridgehead atoms. The molecule has 9 heteroatoms. The van der Waals surface area contributed by atoms with Crippen LogP contribution in [0.2, 0.25) is 0 Å². The van der Waals surface area contributed by atoms with Gasteiger partial charge in [-0.2, -0.15) is 5.10 Å². The minimum absolute atomic E-state index is 0.171. The Bertz CT molecular complexity index is 1600. The van der Waals surface area contributed by atoms with Gasteiger partial charge in [-0.25, -0.2) is 10.2 Å². The third-order valence-electron chi connectivity index (χ3n) is 5.63. The summed E-state index contributed by atoms with van der Waals surface area (Å²) >= 11 is 0. The second kappa shape index (κ2) is 13.8. The van der Waals surface area contributed by atoms with Gasteiger partial charge in [-0.05, 0) is 72.7 Å². The molecule has 4 aromatic rings. The van der Waals surface area contributed by atoms with Crippen molar-refractivity contribution < 1.29 is 23.9 Å². The molecule has 41 heavy (non-hydrogen) atoms. The van der Waals surface area contributed by atoms with Crippen molar-refractivity contribution in [1.82, 2.24) is 5.43 Å². The number of benzene rings is 4. The Hall–Kier alpha value is -5.83. The Kier molecular flexibility index (Phi) is 9.50. The van der Waals surface area contributed by atoms with Crippen LogP contribution in [-0.4, -0.2) is 29.9 Å². The van der Waals surface area contributed by atoms with Crippen LogP contribution in [0.3, 0.4) is 0 Å². The first-order valence-electron chi connectivity index (χ1n) is 12.5. The van der Waals surface area contributed by atoms with E-state index in [0.717, 1.165) is 11.1 Å². The molecule has 3 N–H and O–H groups in total. The largest absolute Gasteiger partial charge is 0.423 e. The number of hydrogen-bond donors (Lipinski definition) is 3. The number of carbonyl (C=O) groups is 4. The van der Waals surface area contributed by atoms with Crippen molar-refractivity contribution in [3.05, 3.63) is 131 Å². The predicted molar refractivity (Wildman–Crippen MR) is 157 cm³/mol. The lowest BCUT2D eigenvalue weighted by atomic mass is 10.1. The second-order valence-electron chi connectivity index (χ2n) is 8.75. The SMILES string of the molecule is Cc1ccc(NC(=O)c2ccccc2NC(=O)C(=O)N/N=C/c2ccc(OC(=O)/C=C/c3ccccc3)cc2)cc1. The van der Waals surface area contributed by atoms with Gasteiger partial charge in [-0.1, -0.05) is 60.2 Å². The van der Waals surface area contributed by atoms with Gasteiger partial charge in [-0.3, -0.25) is 14.4 Å². The van der Waals surface area contributed by atoms with Gasteiger partial charge in [0.25, 0.3) is 5.91 Å². The summed E-state index contributed by atoms with van der Waals surface area (Å²) in [4.78, 5) is 49.5. The van der Waals surface area contributed by atoms with Gasteiger partial charge in [0, 0.05) is 11.8 Å². The zero-order valence-corrected chi connectivity index (χ0v) is 22.0. The lowest BCUT2D eigenvalue weighted by Gasteiger charge is -2.11. The summed E-state index contributed by atoms with van der Waals surface area (Å²) < 4.78 is 5.26. The van der Waals surface area contributed by atoms with Crippen LogP contribution in [0.15, 0.2) is 114 Å². The Balaban J connectivity index is 1.28. The third kappa shape index (κ3) is 8.59. The molecule has 9 nitrogen and oxygen atoms in total. The molecule has 204 valence electrons. The van der Waals surface area contributed by atoms with E-state index in [-0.39, 0.29) is 11.3 Å². The molecule has 4 rings (SSSR count). The topological polar surface area (TPSA) is 126 Å². The van der Waals surface area contributed by atoms with Gasteiger partial charge >= 0.3 is 17.8 Å². The van der Waals surface area contributed by atoms with E-state index in [0.29, 0.717) is 17.0 Å². The van der Waals surface area contributed by atoms with E-state index in [1.165, 1.54) is 24.4 Å². The normalized spacial score (nSPS) is 10.8. The Morgan fingerprint density at radius 1 is 0.707 bits per heavy atom. The van der Waals surface area contributed by atoms with E-state index in [4.69, 9.17) is 4.74 Å². The van der Waals surface area contributed by atoms with Crippen molar-refractivity contribution in [1.29, 1.82) is 0 Å². The molecule has 0 aliphatic rings. The number of amides is 3. The van der Waals surface area contributed by atoms with Gasteiger partial charge in [0.1, 0.15) is 5.75 Å². The molecule has 0 unspecified atom stereocenters. The number of ether oxygens (including phenoxy) is 1. The van der Waals surface area contributed by atoms with Crippen LogP contribution in [0.1, 0.15) is 27.0 Å². The van der Waals surface area contributed by atoms with Gasteiger partial charge in [0.15, 0.2) is 0 Å². The molecule has 0 fully saturated rings. The van der Waals surface area contributed by atoms with E-state index < -0.39 is 23.7 Å². The van der Waals surface area contributed by atoms with Crippen LogP contribution < -0.4 is 20.8 Å². The second-order valence-corrected chi connectivity index (χ2v) is 8.75. The lowest BCUT2D eigenvalue weighted by Crippen LogP contribution is -2.33. The maximum atomic E-state index is 12.8. The molecule has 0 aromatic heterocycles. The highest BCUT2D eigenvalue weighted by Crippen LogP contribution is 2.18. The number of para-hydroxylation sites is 1. The Labute approximate surface area is 236 Å². The molecule has 0 spiro atoms. The number of nitrogens with one attached hydrogen (secondary N) is 3. The molecule has 0 saturated carbocycles. The number of nitrogens with zero attached hydrogens (tertiary/aromatic N) is 1. The first kappa shape index (κ1) is 28.2. The van der Waals surface area contributed by atoms with Crippen LogP contribution in [0.5, 0.6) is 5.75 Å². The maximum Gasteiger partial charge on any atom is 0.336 e. The summed E-state index contributed by atoms with van der Waals surface area (Å²) in [6, 6.07) is 29.4. The molecule has 0 aliphatic heterocycles. The number of anilines is 2. The smallest absolute Gasteiger partial charge is 0.336 e. The van der Waals surface area contributed by atoms with Crippen molar-refractivity contribution in [2.75, 3.05) is 10.6 Å². The zero-order chi connectivity index (χ0) is 29.0. The van der Waals surface area contributed by atoms with Crippen molar-refractivity contribution in [2.45, 2.75) is 6.92 Å². The lowest BCUT2D eigenvalue weighted by molar-refractivity contribution is -0.136. The predicted octanol–water partition coefficient (Wildman–Crippen LogP) is 4.95. The van der Waals surface area contributed by atoms with Crippen molar-refractivity contribution in [2.24, 2.45) is 5.10 Å². The van der Waals surface area contributed by atoms with Crippen LogP contribution in [-0.2, 0) is 14.4 Å². The Morgan fingerprint density at radius 2 is 1.39 bits per heavy atom. The van der Waals surface area contributed by atoms with Crippen LogP contribution in [0.4, 0.5) is 11.4 Å². The highest BCUT2D eigenvalue weighted by Gasteiger charge is 2.17. The van der Waals surface area contributed by atoms with Gasteiger partial charge in [0.05, 0.1) is 17.5 Å². The molecular weight excluding hydrogens is 520 g/mol. The van der Waals surface area contributed by atoms with Crippen molar-refractivity contribution in [3.63, 3.8) is 0 Å². The maximum absolute atomic E-state index is 12.8. The van der Waals surface area contributed by atoms with Crippen molar-refractivity contribution in [3.8, 4) is 5.75 Å². The van der Waals surface area contributed by atoms with Crippen molar-refractivity contribution >= 4 is 47.4 Å². The molecular formula is C32H26N4O5. The minimum Gasteiger partial charge on any atom is -0.423 e. The summed E-state index contributed by atoms with van der Waals surface area (Å²) in [6.07, 6.45) is 4.32. The number of esters is 1. The number of carbonyl (C=O) groups excluding carboxylic acids is 4. The van der Waals surface area contributed by atoms with E-state index in [1.807, 2.05) is 49.4 Å². The first-order valence-corrected chi connectivity index (χ1v) is 12.5. The fraction of sp³-hybridized carbons (Fsp3) is 0.0312.